The van der Waals surface area contributed by atoms with Crippen LogP contribution in [0.3, 0.4) is 0 Å². The molecule has 2 N–H and O–H groups in total. The van der Waals surface area contributed by atoms with Gasteiger partial charge in [-0.25, -0.2) is 9.59 Å². The summed E-state index contributed by atoms with van der Waals surface area (Å²) < 4.78 is 0. The lowest BCUT2D eigenvalue weighted by Gasteiger charge is -2.23. The number of carbonyl (C=O) groups excluding carboxylic acids is 1. The third-order valence-corrected chi connectivity index (χ3v) is 3.32. The zero-order valence-electron chi connectivity index (χ0n) is 13.1. The normalized spacial score (nSPS) is 12.0. The quantitative estimate of drug-likeness (QED) is 0.847. The van der Waals surface area contributed by atoms with Crippen LogP contribution in [0.25, 0.3) is 0 Å². The summed E-state index contributed by atoms with van der Waals surface area (Å²) in [4.78, 5) is 24.8. The van der Waals surface area contributed by atoms with Gasteiger partial charge in [-0.3, -0.25) is 0 Å². The molecule has 0 saturated carbocycles. The maximum atomic E-state index is 12.1. The minimum atomic E-state index is -0.999. The molecule has 0 bridgehead atoms. The van der Waals surface area contributed by atoms with Gasteiger partial charge in [0.1, 0.15) is 6.04 Å². The van der Waals surface area contributed by atoms with Crippen LogP contribution in [0.1, 0.15) is 31.4 Å². The van der Waals surface area contributed by atoms with Crippen LogP contribution in [0.5, 0.6) is 0 Å². The fraction of sp³-hybridized carbons (Fsp3) is 0.500. The van der Waals surface area contributed by atoms with Crippen LogP contribution >= 0.6 is 0 Å². The largest absolute Gasteiger partial charge is 0.480 e. The Morgan fingerprint density at radius 3 is 2.43 bits per heavy atom. The van der Waals surface area contributed by atoms with Gasteiger partial charge >= 0.3 is 12.0 Å². The van der Waals surface area contributed by atoms with Crippen LogP contribution in [-0.4, -0.2) is 35.1 Å². The number of amides is 2. The van der Waals surface area contributed by atoms with E-state index >= 15 is 0 Å². The number of nitrogens with one attached hydrogen (secondary N) is 1. The van der Waals surface area contributed by atoms with Gasteiger partial charge in [0.2, 0.25) is 0 Å². The number of carboxylic acids is 1. The number of hydrogen-bond donors (Lipinski definition) is 2. The molecule has 5 nitrogen and oxygen atoms in total. The number of carbonyl (C=O) groups is 2. The van der Waals surface area contributed by atoms with Crippen molar-refractivity contribution in [3.63, 3.8) is 0 Å². The fourth-order valence-electron chi connectivity index (χ4n) is 2.07. The van der Waals surface area contributed by atoms with Crippen molar-refractivity contribution < 1.29 is 14.7 Å². The standard InChI is InChI=1S/C16H24N2O3/c1-11(2)9-14(15(19)20)17-16(21)18(4)10-13-8-6-5-7-12(13)3/h5-8,11,14H,9-10H2,1-4H3,(H,17,21)(H,19,20)/t14-/m0/s1. The van der Waals surface area contributed by atoms with Crippen LogP contribution in [0, 0.1) is 12.8 Å². The SMILES string of the molecule is Cc1ccccc1CN(C)C(=O)N[C@@H](CC(C)C)C(=O)O. The predicted octanol–water partition coefficient (Wildman–Crippen LogP) is 2.64. The molecule has 0 aliphatic carbocycles. The van der Waals surface area contributed by atoms with E-state index in [0.29, 0.717) is 13.0 Å². The summed E-state index contributed by atoms with van der Waals surface area (Å²) in [6.45, 7) is 6.30. The molecule has 0 aliphatic rings. The Bertz CT molecular complexity index is 500. The van der Waals surface area contributed by atoms with E-state index in [1.54, 1.807) is 7.05 Å². The van der Waals surface area contributed by atoms with Gasteiger partial charge in [-0.2, -0.15) is 0 Å². The van der Waals surface area contributed by atoms with E-state index in [2.05, 4.69) is 5.32 Å². The van der Waals surface area contributed by atoms with Crippen molar-refractivity contribution in [1.82, 2.24) is 10.2 Å². The number of carboxylic acid groups (broad SMARTS) is 1. The van der Waals surface area contributed by atoms with Gasteiger partial charge in [0, 0.05) is 13.6 Å². The van der Waals surface area contributed by atoms with Gasteiger partial charge < -0.3 is 15.3 Å². The zero-order valence-corrected chi connectivity index (χ0v) is 13.1. The van der Waals surface area contributed by atoms with Gasteiger partial charge in [-0.05, 0) is 30.4 Å². The first-order valence-corrected chi connectivity index (χ1v) is 7.10. The molecule has 1 aromatic carbocycles. The van der Waals surface area contributed by atoms with Crippen LogP contribution in [0.4, 0.5) is 4.79 Å². The minimum absolute atomic E-state index is 0.202. The van der Waals surface area contributed by atoms with Crippen LogP contribution < -0.4 is 5.32 Å². The van der Waals surface area contributed by atoms with Gasteiger partial charge in [-0.1, -0.05) is 38.1 Å². The molecule has 0 spiro atoms. The molecular formula is C16H24N2O3. The summed E-state index contributed by atoms with van der Waals surface area (Å²) in [7, 11) is 1.66. The molecule has 0 aromatic heterocycles. The Labute approximate surface area is 126 Å². The van der Waals surface area contributed by atoms with Crippen molar-refractivity contribution in [2.45, 2.75) is 39.8 Å². The summed E-state index contributed by atoms with van der Waals surface area (Å²) in [5, 5.41) is 11.7. The molecule has 0 saturated heterocycles. The number of benzene rings is 1. The average molecular weight is 292 g/mol. The molecule has 1 rings (SSSR count). The van der Waals surface area contributed by atoms with Crippen molar-refractivity contribution >= 4 is 12.0 Å². The fourth-order valence-corrected chi connectivity index (χ4v) is 2.07. The first kappa shape index (κ1) is 17.0. The Hall–Kier alpha value is -2.04. The van der Waals surface area contributed by atoms with Gasteiger partial charge in [0.15, 0.2) is 0 Å². The molecule has 0 radical (unpaired) electrons. The Balaban J connectivity index is 2.65. The first-order valence-electron chi connectivity index (χ1n) is 7.10. The van der Waals surface area contributed by atoms with Crippen LogP contribution in [0.2, 0.25) is 0 Å². The molecule has 1 atom stereocenters. The molecule has 21 heavy (non-hydrogen) atoms. The van der Waals surface area contributed by atoms with Crippen molar-refractivity contribution in [2.75, 3.05) is 7.05 Å². The summed E-state index contributed by atoms with van der Waals surface area (Å²) in [6, 6.07) is 6.60. The number of aryl methyl sites for hydroxylation is 1. The Morgan fingerprint density at radius 2 is 1.90 bits per heavy atom. The Kier molecular flexibility index (Phi) is 6.21. The molecule has 2 amide bonds. The highest BCUT2D eigenvalue weighted by molar-refractivity contribution is 5.82. The van der Waals surface area contributed by atoms with E-state index in [1.165, 1.54) is 4.90 Å². The molecule has 1 aromatic rings. The van der Waals surface area contributed by atoms with E-state index in [0.717, 1.165) is 11.1 Å². The smallest absolute Gasteiger partial charge is 0.326 e. The van der Waals surface area contributed by atoms with Gasteiger partial charge in [0.25, 0.3) is 0 Å². The minimum Gasteiger partial charge on any atom is -0.480 e. The average Bonchev–Trinajstić information content (AvgIpc) is 2.39. The maximum absolute atomic E-state index is 12.1. The van der Waals surface area contributed by atoms with Crippen molar-refractivity contribution in [3.05, 3.63) is 35.4 Å². The van der Waals surface area contributed by atoms with E-state index in [4.69, 9.17) is 5.11 Å². The van der Waals surface area contributed by atoms with E-state index in [9.17, 15) is 9.59 Å². The maximum Gasteiger partial charge on any atom is 0.326 e. The topological polar surface area (TPSA) is 69.6 Å². The highest BCUT2D eigenvalue weighted by atomic mass is 16.4. The number of aliphatic carboxylic acids is 1. The summed E-state index contributed by atoms with van der Waals surface area (Å²) in [5.41, 5.74) is 2.15. The molecular weight excluding hydrogens is 268 g/mol. The Morgan fingerprint density at radius 1 is 1.29 bits per heavy atom. The summed E-state index contributed by atoms with van der Waals surface area (Å²) in [5.74, 6) is -0.797. The second kappa shape index (κ2) is 7.67. The third kappa shape index (κ3) is 5.45. The van der Waals surface area contributed by atoms with E-state index in [1.807, 2.05) is 45.0 Å². The monoisotopic (exact) mass is 292 g/mol. The predicted molar refractivity (Wildman–Crippen MR) is 82.1 cm³/mol. The van der Waals surface area contributed by atoms with Crippen LogP contribution in [-0.2, 0) is 11.3 Å². The van der Waals surface area contributed by atoms with Crippen molar-refractivity contribution in [3.8, 4) is 0 Å². The van der Waals surface area contributed by atoms with Crippen LogP contribution in [0.15, 0.2) is 24.3 Å². The molecule has 0 unspecified atom stereocenters. The number of urea groups is 1. The highest BCUT2D eigenvalue weighted by Crippen LogP contribution is 2.10. The van der Waals surface area contributed by atoms with Gasteiger partial charge in [-0.15, -0.1) is 0 Å². The highest BCUT2D eigenvalue weighted by Gasteiger charge is 2.22. The number of rotatable bonds is 6. The lowest BCUT2D eigenvalue weighted by molar-refractivity contribution is -0.139. The molecule has 5 heteroatoms. The van der Waals surface area contributed by atoms with E-state index in [-0.39, 0.29) is 11.9 Å². The van der Waals surface area contributed by atoms with Crippen molar-refractivity contribution in [1.29, 1.82) is 0 Å². The molecule has 0 heterocycles. The van der Waals surface area contributed by atoms with Crippen molar-refractivity contribution in [2.24, 2.45) is 5.92 Å². The number of hydrogen-bond acceptors (Lipinski definition) is 2. The number of nitrogens with zero attached hydrogens (tertiary/aromatic N) is 1. The second-order valence-electron chi connectivity index (χ2n) is 5.75. The van der Waals surface area contributed by atoms with E-state index < -0.39 is 12.0 Å². The zero-order chi connectivity index (χ0) is 16.0. The lowest BCUT2D eigenvalue weighted by Crippen LogP contribution is -2.47. The molecule has 116 valence electrons. The first-order chi connectivity index (χ1) is 9.81. The summed E-state index contributed by atoms with van der Waals surface area (Å²) in [6.07, 6.45) is 0.416. The third-order valence-electron chi connectivity index (χ3n) is 3.32. The lowest BCUT2D eigenvalue weighted by atomic mass is 10.0. The molecule has 0 aliphatic heterocycles. The summed E-state index contributed by atoms with van der Waals surface area (Å²) >= 11 is 0. The second-order valence-corrected chi connectivity index (χ2v) is 5.75. The van der Waals surface area contributed by atoms with Gasteiger partial charge in [0.05, 0.1) is 0 Å². The molecule has 0 fully saturated rings.